The fraction of sp³-hybridized carbons (Fsp3) is 0.250. The number of para-hydroxylation sites is 2. The molecular weight excluding hydrogens is 318 g/mol. The van der Waals surface area contributed by atoms with Crippen molar-refractivity contribution in [2.75, 3.05) is 19.8 Å². The van der Waals surface area contributed by atoms with Crippen LogP contribution < -0.4 is 14.8 Å². The van der Waals surface area contributed by atoms with Crippen LogP contribution in [-0.2, 0) is 9.53 Å². The molecule has 0 spiro atoms. The minimum Gasteiger partial charge on any atom is -0.486 e. The van der Waals surface area contributed by atoms with Crippen LogP contribution in [0.5, 0.6) is 11.5 Å². The van der Waals surface area contributed by atoms with Gasteiger partial charge in [-0.15, -0.1) is 11.3 Å². The zero-order chi connectivity index (χ0) is 16.1. The van der Waals surface area contributed by atoms with Crippen molar-refractivity contribution in [3.63, 3.8) is 0 Å². The Bertz CT molecular complexity index is 686. The number of rotatable bonds is 5. The average Bonchev–Trinajstić information content (AvgIpc) is 3.12. The second-order valence-corrected chi connectivity index (χ2v) is 5.80. The van der Waals surface area contributed by atoms with Crippen molar-refractivity contribution >= 4 is 23.2 Å². The molecule has 0 aliphatic carbocycles. The Morgan fingerprint density at radius 3 is 2.83 bits per heavy atom. The second-order valence-electron chi connectivity index (χ2n) is 4.86. The van der Waals surface area contributed by atoms with Gasteiger partial charge in [0, 0.05) is 0 Å². The SMILES string of the molecule is O=C(COC(=O)c1cccs1)NC[C@H]1COc2ccccc2O1. The van der Waals surface area contributed by atoms with Gasteiger partial charge in [0.2, 0.25) is 0 Å². The van der Waals surface area contributed by atoms with Crippen LogP contribution in [0, 0.1) is 0 Å². The van der Waals surface area contributed by atoms with Gasteiger partial charge in [-0.1, -0.05) is 18.2 Å². The van der Waals surface area contributed by atoms with Crippen LogP contribution in [0.25, 0.3) is 0 Å². The number of amides is 1. The highest BCUT2D eigenvalue weighted by molar-refractivity contribution is 7.11. The van der Waals surface area contributed by atoms with Gasteiger partial charge in [0.05, 0.1) is 6.54 Å². The van der Waals surface area contributed by atoms with Crippen LogP contribution >= 0.6 is 11.3 Å². The maximum absolute atomic E-state index is 11.7. The topological polar surface area (TPSA) is 73.9 Å². The van der Waals surface area contributed by atoms with E-state index in [1.165, 1.54) is 11.3 Å². The van der Waals surface area contributed by atoms with Gasteiger partial charge in [-0.25, -0.2) is 4.79 Å². The van der Waals surface area contributed by atoms with Gasteiger partial charge in [-0.2, -0.15) is 0 Å². The van der Waals surface area contributed by atoms with Crippen molar-refractivity contribution in [2.45, 2.75) is 6.10 Å². The molecule has 1 amide bonds. The molecule has 1 atom stereocenters. The van der Waals surface area contributed by atoms with E-state index in [1.807, 2.05) is 24.3 Å². The molecule has 1 aliphatic rings. The van der Waals surface area contributed by atoms with Gasteiger partial charge in [-0.3, -0.25) is 4.79 Å². The predicted octanol–water partition coefficient (Wildman–Crippen LogP) is 1.86. The van der Waals surface area contributed by atoms with Crippen LogP contribution in [0.3, 0.4) is 0 Å². The Morgan fingerprint density at radius 2 is 2.04 bits per heavy atom. The molecule has 7 heteroatoms. The molecule has 0 bridgehead atoms. The molecule has 0 saturated carbocycles. The fourth-order valence-electron chi connectivity index (χ4n) is 2.04. The lowest BCUT2D eigenvalue weighted by molar-refractivity contribution is -0.124. The maximum atomic E-state index is 11.7. The number of carbonyl (C=O) groups is 2. The summed E-state index contributed by atoms with van der Waals surface area (Å²) in [5.74, 6) is 0.473. The third kappa shape index (κ3) is 4.01. The molecule has 0 fully saturated rings. The smallest absolute Gasteiger partial charge is 0.348 e. The van der Waals surface area contributed by atoms with Gasteiger partial charge in [0.1, 0.15) is 17.6 Å². The number of hydrogen-bond acceptors (Lipinski definition) is 6. The van der Waals surface area contributed by atoms with Crippen LogP contribution in [0.1, 0.15) is 9.67 Å². The highest BCUT2D eigenvalue weighted by Gasteiger charge is 2.21. The number of esters is 1. The summed E-state index contributed by atoms with van der Waals surface area (Å²) < 4.78 is 16.2. The summed E-state index contributed by atoms with van der Waals surface area (Å²) in [6, 6.07) is 10.8. The van der Waals surface area contributed by atoms with Crippen LogP contribution in [0.2, 0.25) is 0 Å². The Kier molecular flexibility index (Phi) is 4.77. The maximum Gasteiger partial charge on any atom is 0.348 e. The summed E-state index contributed by atoms with van der Waals surface area (Å²) in [5, 5.41) is 4.44. The minimum absolute atomic E-state index is 0.276. The van der Waals surface area contributed by atoms with Crippen molar-refractivity contribution < 1.29 is 23.8 Å². The Balaban J connectivity index is 1.41. The molecule has 2 aromatic rings. The highest BCUT2D eigenvalue weighted by atomic mass is 32.1. The summed E-state index contributed by atoms with van der Waals surface area (Å²) in [4.78, 5) is 23.8. The Hall–Kier alpha value is -2.54. The van der Waals surface area contributed by atoms with Crippen molar-refractivity contribution in [1.82, 2.24) is 5.32 Å². The predicted molar refractivity (Wildman–Crippen MR) is 84.0 cm³/mol. The van der Waals surface area contributed by atoms with Gasteiger partial charge in [-0.05, 0) is 23.6 Å². The Labute approximate surface area is 137 Å². The third-order valence-corrected chi connectivity index (χ3v) is 4.00. The quantitative estimate of drug-likeness (QED) is 0.846. The van der Waals surface area contributed by atoms with Gasteiger partial charge in [0.25, 0.3) is 5.91 Å². The van der Waals surface area contributed by atoms with Gasteiger partial charge < -0.3 is 19.5 Å². The van der Waals surface area contributed by atoms with Gasteiger partial charge in [0.15, 0.2) is 18.1 Å². The minimum atomic E-state index is -0.499. The number of carbonyl (C=O) groups excluding carboxylic acids is 2. The largest absolute Gasteiger partial charge is 0.486 e. The number of thiophene rings is 1. The molecule has 2 heterocycles. The van der Waals surface area contributed by atoms with Crippen LogP contribution in [0.4, 0.5) is 0 Å². The van der Waals surface area contributed by atoms with Crippen molar-refractivity contribution in [2.24, 2.45) is 0 Å². The van der Waals surface area contributed by atoms with E-state index in [2.05, 4.69) is 5.32 Å². The first-order valence-electron chi connectivity index (χ1n) is 7.08. The lowest BCUT2D eigenvalue weighted by Gasteiger charge is -2.26. The lowest BCUT2D eigenvalue weighted by Crippen LogP contribution is -2.42. The van der Waals surface area contributed by atoms with E-state index < -0.39 is 5.97 Å². The molecule has 0 radical (unpaired) electrons. The lowest BCUT2D eigenvalue weighted by atomic mass is 10.2. The van der Waals surface area contributed by atoms with Crippen LogP contribution in [-0.4, -0.2) is 37.7 Å². The van der Waals surface area contributed by atoms with Crippen molar-refractivity contribution in [1.29, 1.82) is 0 Å². The van der Waals surface area contributed by atoms with E-state index in [1.54, 1.807) is 17.5 Å². The highest BCUT2D eigenvalue weighted by Crippen LogP contribution is 2.30. The van der Waals surface area contributed by atoms with E-state index in [9.17, 15) is 9.59 Å². The van der Waals surface area contributed by atoms with Crippen LogP contribution in [0.15, 0.2) is 41.8 Å². The van der Waals surface area contributed by atoms with E-state index in [4.69, 9.17) is 14.2 Å². The first kappa shape index (κ1) is 15.4. The molecule has 1 N–H and O–H groups in total. The second kappa shape index (κ2) is 7.15. The van der Waals surface area contributed by atoms with E-state index in [0.29, 0.717) is 23.0 Å². The van der Waals surface area contributed by atoms with E-state index in [0.717, 1.165) is 0 Å². The molecule has 23 heavy (non-hydrogen) atoms. The molecular formula is C16H15NO5S. The summed E-state index contributed by atoms with van der Waals surface area (Å²) in [6.45, 7) is 0.316. The molecule has 6 nitrogen and oxygen atoms in total. The number of hydrogen-bond donors (Lipinski definition) is 1. The first-order valence-corrected chi connectivity index (χ1v) is 7.96. The zero-order valence-corrected chi connectivity index (χ0v) is 13.0. The molecule has 1 aliphatic heterocycles. The summed E-state index contributed by atoms with van der Waals surface area (Å²) in [6.07, 6.45) is -0.276. The molecule has 0 unspecified atom stereocenters. The first-order chi connectivity index (χ1) is 11.2. The number of benzene rings is 1. The molecule has 1 aromatic carbocycles. The average molecular weight is 333 g/mol. The van der Waals surface area contributed by atoms with Gasteiger partial charge >= 0.3 is 5.97 Å². The van der Waals surface area contributed by atoms with Crippen molar-refractivity contribution in [3.8, 4) is 11.5 Å². The standard InChI is InChI=1S/C16H15NO5S/c18-15(10-21-16(19)14-6-3-7-23-14)17-8-11-9-20-12-4-1-2-5-13(12)22-11/h1-7,11H,8-10H2,(H,17,18)/t11-/m0/s1. The molecule has 3 rings (SSSR count). The van der Waals surface area contributed by atoms with E-state index in [-0.39, 0.29) is 25.2 Å². The summed E-state index contributed by atoms with van der Waals surface area (Å²) >= 11 is 1.27. The number of nitrogens with one attached hydrogen (secondary N) is 1. The Morgan fingerprint density at radius 1 is 1.22 bits per heavy atom. The zero-order valence-electron chi connectivity index (χ0n) is 12.2. The summed E-state index contributed by atoms with van der Waals surface area (Å²) in [7, 11) is 0. The number of ether oxygens (including phenoxy) is 3. The molecule has 0 saturated heterocycles. The number of fused-ring (bicyclic) bond motifs is 1. The molecule has 120 valence electrons. The monoisotopic (exact) mass is 333 g/mol. The normalized spacial score (nSPS) is 15.7. The third-order valence-electron chi connectivity index (χ3n) is 3.15. The van der Waals surface area contributed by atoms with Crippen molar-refractivity contribution in [3.05, 3.63) is 46.7 Å². The summed E-state index contributed by atoms with van der Waals surface area (Å²) in [5.41, 5.74) is 0. The molecule has 1 aromatic heterocycles. The van der Waals surface area contributed by atoms with E-state index >= 15 is 0 Å². The fourth-order valence-corrected chi connectivity index (χ4v) is 2.66.